The Morgan fingerprint density at radius 2 is 0.600 bits per heavy atom. The molecule has 4 unspecified atom stereocenters. The van der Waals surface area contributed by atoms with Crippen molar-refractivity contribution >= 4 is 0 Å². The SMILES string of the molecule is CCOC(C)[O-].CCOC(C)[O-].CCOC(C)[O-].CCOC(C)[O-].[Hf+4]. The van der Waals surface area contributed by atoms with Crippen LogP contribution in [0.1, 0.15) is 55.4 Å². The summed E-state index contributed by atoms with van der Waals surface area (Å²) in [6, 6.07) is 0. The van der Waals surface area contributed by atoms with Gasteiger partial charge in [0.05, 0.1) is 0 Å². The molecule has 0 heterocycles. The first-order chi connectivity index (χ1) is 11.1. The van der Waals surface area contributed by atoms with Gasteiger partial charge < -0.3 is 39.4 Å². The maximum Gasteiger partial charge on any atom is 4.00 e. The van der Waals surface area contributed by atoms with E-state index < -0.39 is 25.2 Å². The summed E-state index contributed by atoms with van der Waals surface area (Å²) in [5.74, 6) is 0. The van der Waals surface area contributed by atoms with Crippen LogP contribution in [0.3, 0.4) is 0 Å². The standard InChI is InChI=1S/4C4H9O2.Hf/c4*1-3-6-4(2)5;/h4*4H,3H2,1-2H3;/q4*-1;+4. The minimum atomic E-state index is -0.852. The second-order valence-corrected chi connectivity index (χ2v) is 4.09. The van der Waals surface area contributed by atoms with Crippen LogP contribution in [0.2, 0.25) is 0 Å². The monoisotopic (exact) mass is 536 g/mol. The third-order valence-corrected chi connectivity index (χ3v) is 1.61. The van der Waals surface area contributed by atoms with Crippen LogP contribution in [-0.4, -0.2) is 51.6 Å². The fourth-order valence-corrected chi connectivity index (χ4v) is 0.939. The third-order valence-electron chi connectivity index (χ3n) is 1.61. The van der Waals surface area contributed by atoms with Gasteiger partial charge in [0.2, 0.25) is 0 Å². The van der Waals surface area contributed by atoms with E-state index in [0.29, 0.717) is 26.4 Å². The average Bonchev–Trinajstić information content (AvgIpc) is 2.39. The normalized spacial score (nSPS) is 13.9. The molecule has 0 amide bonds. The first-order valence-electron chi connectivity index (χ1n) is 8.18. The van der Waals surface area contributed by atoms with Crippen molar-refractivity contribution in [3.8, 4) is 0 Å². The van der Waals surface area contributed by atoms with Crippen molar-refractivity contribution in [1.29, 1.82) is 0 Å². The Labute approximate surface area is 172 Å². The Morgan fingerprint density at radius 3 is 0.600 bits per heavy atom. The zero-order valence-corrected chi connectivity index (χ0v) is 20.5. The van der Waals surface area contributed by atoms with E-state index in [4.69, 9.17) is 0 Å². The number of rotatable bonds is 8. The Kier molecular flexibility index (Phi) is 47.0. The van der Waals surface area contributed by atoms with Crippen molar-refractivity contribution in [2.24, 2.45) is 0 Å². The fraction of sp³-hybridized carbons (Fsp3) is 1.00. The van der Waals surface area contributed by atoms with E-state index in [9.17, 15) is 20.4 Å². The number of hydrogen-bond acceptors (Lipinski definition) is 8. The molecule has 25 heavy (non-hydrogen) atoms. The molecule has 152 valence electrons. The van der Waals surface area contributed by atoms with Gasteiger partial charge in [0.1, 0.15) is 0 Å². The summed E-state index contributed by atoms with van der Waals surface area (Å²) in [7, 11) is 0. The minimum Gasteiger partial charge on any atom is -0.831 e. The average molecular weight is 535 g/mol. The molecule has 8 nitrogen and oxygen atoms in total. The molecule has 0 N–H and O–H groups in total. The van der Waals surface area contributed by atoms with E-state index in [0.717, 1.165) is 0 Å². The van der Waals surface area contributed by atoms with Gasteiger partial charge in [0.15, 0.2) is 0 Å². The second kappa shape index (κ2) is 32.2. The van der Waals surface area contributed by atoms with Crippen molar-refractivity contribution in [3.05, 3.63) is 0 Å². The van der Waals surface area contributed by atoms with Gasteiger partial charge in [-0.2, -0.15) is 0 Å². The summed E-state index contributed by atoms with van der Waals surface area (Å²) in [6.45, 7) is 15.2. The molecule has 0 rings (SSSR count). The number of ether oxygens (including phenoxy) is 4. The molecule has 4 atom stereocenters. The third kappa shape index (κ3) is 79.3. The van der Waals surface area contributed by atoms with Gasteiger partial charge in [0, 0.05) is 26.4 Å². The second-order valence-electron chi connectivity index (χ2n) is 4.09. The van der Waals surface area contributed by atoms with Crippen molar-refractivity contribution in [2.45, 2.75) is 80.6 Å². The van der Waals surface area contributed by atoms with Gasteiger partial charge in [-0.15, -0.1) is 0 Å². The zero-order valence-electron chi connectivity index (χ0n) is 16.9. The molecule has 0 saturated carbocycles. The summed E-state index contributed by atoms with van der Waals surface area (Å²) < 4.78 is 17.9. The van der Waals surface area contributed by atoms with Crippen molar-refractivity contribution in [1.82, 2.24) is 0 Å². The molecule has 0 aliphatic heterocycles. The van der Waals surface area contributed by atoms with Crippen LogP contribution in [-0.2, 0) is 44.8 Å². The Balaban J connectivity index is -0.0000000702. The summed E-state index contributed by atoms with van der Waals surface area (Å²) in [4.78, 5) is 0. The molecule has 0 aromatic heterocycles. The molecule has 0 fully saturated rings. The molecular formula is C16H36HfO8. The quantitative estimate of drug-likeness (QED) is 0.284. The van der Waals surface area contributed by atoms with E-state index in [1.807, 2.05) is 0 Å². The maximum atomic E-state index is 9.90. The van der Waals surface area contributed by atoms with Crippen LogP contribution in [0, 0.1) is 0 Å². The summed E-state index contributed by atoms with van der Waals surface area (Å²) in [5, 5.41) is 39.6. The van der Waals surface area contributed by atoms with E-state index in [-0.39, 0.29) is 25.8 Å². The molecular weight excluding hydrogens is 499 g/mol. The molecule has 0 radical (unpaired) electrons. The predicted molar refractivity (Wildman–Crippen MR) is 84.4 cm³/mol. The van der Waals surface area contributed by atoms with Gasteiger partial charge in [-0.25, -0.2) is 0 Å². The molecule has 9 heteroatoms. The smallest absolute Gasteiger partial charge is 0.831 e. The Bertz CT molecular complexity index is 153. The first kappa shape index (κ1) is 36.5. The van der Waals surface area contributed by atoms with Gasteiger partial charge in [0.25, 0.3) is 0 Å². The topological polar surface area (TPSA) is 129 Å². The van der Waals surface area contributed by atoms with Crippen LogP contribution in [0.25, 0.3) is 0 Å². The van der Waals surface area contributed by atoms with Gasteiger partial charge >= 0.3 is 25.8 Å². The summed E-state index contributed by atoms with van der Waals surface area (Å²) in [5.41, 5.74) is 0. The first-order valence-corrected chi connectivity index (χ1v) is 8.18. The van der Waals surface area contributed by atoms with E-state index in [1.54, 1.807) is 27.7 Å². The molecule has 0 aliphatic rings. The van der Waals surface area contributed by atoms with Crippen LogP contribution in [0.5, 0.6) is 0 Å². The Morgan fingerprint density at radius 1 is 0.480 bits per heavy atom. The maximum absolute atomic E-state index is 9.90. The molecule has 0 bridgehead atoms. The van der Waals surface area contributed by atoms with Crippen molar-refractivity contribution in [2.75, 3.05) is 26.4 Å². The molecule has 0 aromatic carbocycles. The van der Waals surface area contributed by atoms with Gasteiger partial charge in [-0.1, -0.05) is 27.7 Å². The zero-order chi connectivity index (χ0) is 20.0. The van der Waals surface area contributed by atoms with E-state index in [1.165, 1.54) is 27.7 Å². The Hall–Kier alpha value is 0.550. The molecule has 0 spiro atoms. The molecule has 0 saturated heterocycles. The van der Waals surface area contributed by atoms with Gasteiger partial charge in [-0.3, -0.25) is 0 Å². The van der Waals surface area contributed by atoms with Crippen molar-refractivity contribution < 1.29 is 65.2 Å². The number of hydrogen-bond donors (Lipinski definition) is 0. The van der Waals surface area contributed by atoms with E-state index in [2.05, 4.69) is 18.9 Å². The van der Waals surface area contributed by atoms with E-state index >= 15 is 0 Å². The molecule has 0 aliphatic carbocycles. The summed E-state index contributed by atoms with van der Waals surface area (Å²) in [6.07, 6.45) is -3.41. The predicted octanol–water partition coefficient (Wildman–Crippen LogP) is -1.09. The van der Waals surface area contributed by atoms with Crippen molar-refractivity contribution in [3.63, 3.8) is 0 Å². The molecule has 0 aromatic rings. The largest absolute Gasteiger partial charge is 4.00 e. The van der Waals surface area contributed by atoms with Gasteiger partial charge in [-0.05, 0) is 52.9 Å². The fourth-order valence-electron chi connectivity index (χ4n) is 0.939. The summed E-state index contributed by atoms with van der Waals surface area (Å²) >= 11 is 0. The van der Waals surface area contributed by atoms with Crippen LogP contribution < -0.4 is 20.4 Å². The minimum absolute atomic E-state index is 0. The van der Waals surface area contributed by atoms with Crippen LogP contribution in [0.4, 0.5) is 0 Å². The van der Waals surface area contributed by atoms with Crippen LogP contribution >= 0.6 is 0 Å². The van der Waals surface area contributed by atoms with Crippen LogP contribution in [0.15, 0.2) is 0 Å².